The Hall–Kier alpha value is -3.20. The molecule has 2 atom stereocenters. The number of hydrogen-bond donors (Lipinski definition) is 2. The number of rotatable bonds is 10. The van der Waals surface area contributed by atoms with Gasteiger partial charge in [0.25, 0.3) is 5.91 Å². The van der Waals surface area contributed by atoms with Gasteiger partial charge in [0, 0.05) is 12.7 Å². The van der Waals surface area contributed by atoms with Crippen molar-refractivity contribution >= 4 is 35.4 Å². The van der Waals surface area contributed by atoms with Gasteiger partial charge < -0.3 is 25.0 Å². The van der Waals surface area contributed by atoms with Crippen molar-refractivity contribution in [2.45, 2.75) is 44.9 Å². The fraction of sp³-hybridized carbons (Fsp3) is 0.423. The summed E-state index contributed by atoms with van der Waals surface area (Å²) in [6.07, 6.45) is 1.64. The molecule has 35 heavy (non-hydrogen) atoms. The van der Waals surface area contributed by atoms with E-state index in [4.69, 9.17) is 9.47 Å². The highest BCUT2D eigenvalue weighted by molar-refractivity contribution is 7.98. The Morgan fingerprint density at radius 2 is 1.66 bits per heavy atom. The van der Waals surface area contributed by atoms with Crippen LogP contribution in [0.25, 0.3) is 0 Å². The predicted molar refractivity (Wildman–Crippen MR) is 140 cm³/mol. The van der Waals surface area contributed by atoms with Crippen LogP contribution in [-0.2, 0) is 14.3 Å². The van der Waals surface area contributed by atoms with Crippen molar-refractivity contribution < 1.29 is 23.9 Å². The highest BCUT2D eigenvalue weighted by Crippen LogP contribution is 2.24. The van der Waals surface area contributed by atoms with E-state index in [1.165, 1.54) is 4.90 Å². The predicted octanol–water partition coefficient (Wildman–Crippen LogP) is 4.48. The standard InChI is InChI=1S/C26H35N3O5S/c1-26(2,3)34-25(32)28-21(16-17-35-6)24(31)29(4)22(18-10-8-7-9-11-18)23(30)27-19-12-14-20(33-5)15-13-19/h7-15,21-22H,16-17H2,1-6H3,(H,27,30)(H,28,32). The van der Waals surface area contributed by atoms with E-state index < -0.39 is 23.8 Å². The molecule has 2 aromatic rings. The second kappa shape index (κ2) is 13.0. The highest BCUT2D eigenvalue weighted by atomic mass is 32.2. The molecule has 0 aliphatic carbocycles. The molecule has 190 valence electrons. The fourth-order valence-corrected chi connectivity index (χ4v) is 3.86. The van der Waals surface area contributed by atoms with E-state index in [9.17, 15) is 14.4 Å². The Kier molecular flexibility index (Phi) is 10.4. The summed E-state index contributed by atoms with van der Waals surface area (Å²) in [5.74, 6) is 0.551. The van der Waals surface area contributed by atoms with E-state index in [1.807, 2.05) is 24.5 Å². The maximum Gasteiger partial charge on any atom is 0.408 e. The Morgan fingerprint density at radius 3 is 2.20 bits per heavy atom. The van der Waals surface area contributed by atoms with Crippen molar-refractivity contribution in [1.82, 2.24) is 10.2 Å². The van der Waals surface area contributed by atoms with E-state index in [-0.39, 0.29) is 11.8 Å². The average Bonchev–Trinajstić information content (AvgIpc) is 2.81. The van der Waals surface area contributed by atoms with E-state index in [0.717, 1.165) is 0 Å². The van der Waals surface area contributed by atoms with Gasteiger partial charge in [-0.1, -0.05) is 30.3 Å². The fourth-order valence-electron chi connectivity index (χ4n) is 3.39. The van der Waals surface area contributed by atoms with Crippen LogP contribution >= 0.6 is 11.8 Å². The van der Waals surface area contributed by atoms with Crippen LogP contribution in [0.5, 0.6) is 5.75 Å². The Labute approximate surface area is 211 Å². The molecule has 0 saturated carbocycles. The zero-order valence-corrected chi connectivity index (χ0v) is 22.0. The molecule has 0 saturated heterocycles. The van der Waals surface area contributed by atoms with Crippen LogP contribution in [0.2, 0.25) is 0 Å². The number of carbonyl (C=O) groups is 3. The van der Waals surface area contributed by atoms with Crippen molar-refractivity contribution in [2.75, 3.05) is 31.5 Å². The van der Waals surface area contributed by atoms with Gasteiger partial charge in [-0.15, -0.1) is 0 Å². The van der Waals surface area contributed by atoms with Gasteiger partial charge >= 0.3 is 6.09 Å². The molecule has 2 N–H and O–H groups in total. The maximum atomic E-state index is 13.6. The molecule has 0 aliphatic rings. The molecule has 0 heterocycles. The molecule has 0 radical (unpaired) electrons. The molecule has 0 spiro atoms. The van der Waals surface area contributed by atoms with Crippen LogP contribution in [-0.4, -0.2) is 60.6 Å². The summed E-state index contributed by atoms with van der Waals surface area (Å²) >= 11 is 1.56. The first-order valence-electron chi connectivity index (χ1n) is 11.3. The summed E-state index contributed by atoms with van der Waals surface area (Å²) < 4.78 is 10.5. The molecular weight excluding hydrogens is 466 g/mol. The molecule has 0 fully saturated rings. The number of nitrogens with zero attached hydrogens (tertiary/aromatic N) is 1. The number of hydrogen-bond acceptors (Lipinski definition) is 6. The Morgan fingerprint density at radius 1 is 1.03 bits per heavy atom. The van der Waals surface area contributed by atoms with E-state index >= 15 is 0 Å². The molecule has 2 unspecified atom stereocenters. The highest BCUT2D eigenvalue weighted by Gasteiger charge is 2.34. The summed E-state index contributed by atoms with van der Waals surface area (Å²) in [5.41, 5.74) is 0.520. The number of anilines is 1. The molecule has 0 aromatic heterocycles. The van der Waals surface area contributed by atoms with Crippen LogP contribution in [0.1, 0.15) is 38.8 Å². The lowest BCUT2D eigenvalue weighted by Gasteiger charge is -2.31. The van der Waals surface area contributed by atoms with Gasteiger partial charge in [0.05, 0.1) is 7.11 Å². The first kappa shape index (κ1) is 28.0. The zero-order valence-electron chi connectivity index (χ0n) is 21.2. The summed E-state index contributed by atoms with van der Waals surface area (Å²) in [7, 11) is 3.13. The summed E-state index contributed by atoms with van der Waals surface area (Å²) in [6.45, 7) is 5.27. The largest absolute Gasteiger partial charge is 0.497 e. The van der Waals surface area contributed by atoms with Crippen LogP contribution in [0, 0.1) is 0 Å². The molecular formula is C26H35N3O5S. The molecule has 8 nitrogen and oxygen atoms in total. The van der Waals surface area contributed by atoms with Gasteiger partial charge in [0.15, 0.2) is 0 Å². The minimum absolute atomic E-state index is 0.377. The number of carbonyl (C=O) groups excluding carboxylic acids is 3. The smallest absolute Gasteiger partial charge is 0.408 e. The summed E-state index contributed by atoms with van der Waals surface area (Å²) in [5, 5.41) is 5.56. The van der Waals surface area contributed by atoms with Crippen LogP contribution in [0.15, 0.2) is 54.6 Å². The number of nitrogens with one attached hydrogen (secondary N) is 2. The lowest BCUT2D eigenvalue weighted by atomic mass is 10.0. The quantitative estimate of drug-likeness (QED) is 0.498. The minimum Gasteiger partial charge on any atom is -0.497 e. The average molecular weight is 502 g/mol. The first-order chi connectivity index (χ1) is 16.6. The third-order valence-corrected chi connectivity index (χ3v) is 5.70. The number of alkyl carbamates (subject to hydrolysis) is 1. The SMILES string of the molecule is COc1ccc(NC(=O)C(c2ccccc2)N(C)C(=O)C(CCSC)NC(=O)OC(C)(C)C)cc1. The summed E-state index contributed by atoms with van der Waals surface area (Å²) in [4.78, 5) is 40.8. The second-order valence-electron chi connectivity index (χ2n) is 8.96. The van der Waals surface area contributed by atoms with Crippen LogP contribution in [0.4, 0.5) is 10.5 Å². The van der Waals surface area contributed by atoms with Crippen LogP contribution in [0.3, 0.4) is 0 Å². The van der Waals surface area contributed by atoms with E-state index in [2.05, 4.69) is 10.6 Å². The molecule has 3 amide bonds. The van der Waals surface area contributed by atoms with Gasteiger partial charge in [-0.25, -0.2) is 4.79 Å². The second-order valence-corrected chi connectivity index (χ2v) is 9.95. The van der Waals surface area contributed by atoms with Crippen LogP contribution < -0.4 is 15.4 Å². The third kappa shape index (κ3) is 8.83. The molecule has 2 rings (SSSR count). The van der Waals surface area contributed by atoms with Gasteiger partial charge in [0.1, 0.15) is 23.4 Å². The lowest BCUT2D eigenvalue weighted by Crippen LogP contribution is -2.51. The Balaban J connectivity index is 2.29. The molecule has 0 bridgehead atoms. The monoisotopic (exact) mass is 501 g/mol. The minimum atomic E-state index is -0.914. The zero-order chi connectivity index (χ0) is 26.0. The topological polar surface area (TPSA) is 97.0 Å². The van der Waals surface area contributed by atoms with Gasteiger partial charge in [-0.2, -0.15) is 11.8 Å². The number of thioether (sulfide) groups is 1. The summed E-state index contributed by atoms with van der Waals surface area (Å²) in [6, 6.07) is 14.2. The molecule has 2 aromatic carbocycles. The van der Waals surface area contributed by atoms with E-state index in [0.29, 0.717) is 29.2 Å². The van der Waals surface area contributed by atoms with Crippen molar-refractivity contribution in [1.29, 1.82) is 0 Å². The number of methoxy groups -OCH3 is 1. The number of likely N-dealkylation sites (N-methyl/N-ethyl adjacent to an activating group) is 1. The van der Waals surface area contributed by atoms with Gasteiger partial charge in [0.2, 0.25) is 5.91 Å². The van der Waals surface area contributed by atoms with E-state index in [1.54, 1.807) is 83.1 Å². The maximum absolute atomic E-state index is 13.6. The van der Waals surface area contributed by atoms with Crippen molar-refractivity contribution in [3.8, 4) is 5.75 Å². The molecule has 9 heteroatoms. The normalized spacial score (nSPS) is 12.7. The third-order valence-electron chi connectivity index (χ3n) is 5.06. The Bertz CT molecular complexity index is 977. The van der Waals surface area contributed by atoms with Crippen molar-refractivity contribution in [2.24, 2.45) is 0 Å². The van der Waals surface area contributed by atoms with Gasteiger partial charge in [-0.3, -0.25) is 9.59 Å². The number of ether oxygens (including phenoxy) is 2. The van der Waals surface area contributed by atoms with Crippen molar-refractivity contribution in [3.05, 3.63) is 60.2 Å². The first-order valence-corrected chi connectivity index (χ1v) is 12.7. The number of benzene rings is 2. The van der Waals surface area contributed by atoms with Crippen molar-refractivity contribution in [3.63, 3.8) is 0 Å². The molecule has 0 aliphatic heterocycles. The lowest BCUT2D eigenvalue weighted by molar-refractivity contribution is -0.139. The van der Waals surface area contributed by atoms with Gasteiger partial charge in [-0.05, 0) is 69.0 Å². The number of amides is 3.